The monoisotopic (exact) mass is 292 g/mol. The van der Waals surface area contributed by atoms with Crippen LogP contribution < -0.4 is 10.0 Å². The number of rotatable bonds is 5. The lowest BCUT2D eigenvalue weighted by atomic mass is 10.2. The molecule has 0 aliphatic heterocycles. The molecule has 1 aromatic heterocycles. The number of aromatic nitrogens is 2. The normalized spacial score (nSPS) is 11.1. The van der Waals surface area contributed by atoms with Gasteiger partial charge < -0.3 is 5.32 Å². The molecular weight excluding hydrogens is 276 g/mol. The summed E-state index contributed by atoms with van der Waals surface area (Å²) in [5, 5.41) is 3.21. The maximum Gasteiger partial charge on any atom is 0.229 e. The third-order valence-electron chi connectivity index (χ3n) is 2.61. The first-order valence-corrected chi connectivity index (χ1v) is 7.90. The van der Waals surface area contributed by atoms with Gasteiger partial charge in [-0.25, -0.2) is 8.42 Å². The van der Waals surface area contributed by atoms with E-state index < -0.39 is 10.0 Å². The minimum Gasteiger partial charge on any atom is -0.379 e. The smallest absolute Gasteiger partial charge is 0.229 e. The Morgan fingerprint density at radius 3 is 2.65 bits per heavy atom. The van der Waals surface area contributed by atoms with Gasteiger partial charge in [-0.2, -0.15) is 0 Å². The van der Waals surface area contributed by atoms with Gasteiger partial charge in [0.2, 0.25) is 10.0 Å². The maximum atomic E-state index is 11.2. The molecule has 0 unspecified atom stereocenters. The molecule has 6 nitrogen and oxygen atoms in total. The highest BCUT2D eigenvalue weighted by Gasteiger charge is 2.05. The molecule has 1 aromatic carbocycles. The highest BCUT2D eigenvalue weighted by Crippen LogP contribution is 2.20. The highest BCUT2D eigenvalue weighted by atomic mass is 32.2. The molecule has 2 N–H and O–H groups in total. The molecule has 106 valence electrons. The van der Waals surface area contributed by atoms with E-state index in [2.05, 4.69) is 20.0 Å². The molecule has 0 saturated carbocycles. The van der Waals surface area contributed by atoms with Crippen LogP contribution in [0.25, 0.3) is 0 Å². The first-order chi connectivity index (χ1) is 9.44. The summed E-state index contributed by atoms with van der Waals surface area (Å²) in [4.78, 5) is 8.16. The fourth-order valence-corrected chi connectivity index (χ4v) is 2.33. The summed E-state index contributed by atoms with van der Waals surface area (Å²) >= 11 is 0. The summed E-state index contributed by atoms with van der Waals surface area (Å²) in [7, 11) is -3.26. The number of hydrogen-bond donors (Lipinski definition) is 2. The van der Waals surface area contributed by atoms with Gasteiger partial charge in [0.15, 0.2) is 0 Å². The Morgan fingerprint density at radius 2 is 2.05 bits per heavy atom. The Hall–Kier alpha value is -2.15. The molecule has 2 rings (SSSR count). The minimum absolute atomic E-state index is 0.562. The van der Waals surface area contributed by atoms with E-state index in [1.54, 1.807) is 24.7 Å². The SMILES string of the molecule is Cc1cc(NCc2cnccn2)ccc1NS(C)(=O)=O. The van der Waals surface area contributed by atoms with E-state index in [-0.39, 0.29) is 0 Å². The van der Waals surface area contributed by atoms with Gasteiger partial charge >= 0.3 is 0 Å². The van der Waals surface area contributed by atoms with Gasteiger partial charge in [0.1, 0.15) is 0 Å². The topological polar surface area (TPSA) is 84.0 Å². The van der Waals surface area contributed by atoms with Crippen LogP contribution in [0.5, 0.6) is 0 Å². The lowest BCUT2D eigenvalue weighted by molar-refractivity contribution is 0.607. The van der Waals surface area contributed by atoms with Crippen LogP contribution in [0.3, 0.4) is 0 Å². The van der Waals surface area contributed by atoms with Crippen LogP contribution >= 0.6 is 0 Å². The molecule has 0 saturated heterocycles. The summed E-state index contributed by atoms with van der Waals surface area (Å²) in [6.07, 6.45) is 6.09. The molecule has 20 heavy (non-hydrogen) atoms. The molecule has 1 heterocycles. The fourth-order valence-electron chi connectivity index (χ4n) is 1.70. The zero-order chi connectivity index (χ0) is 14.6. The van der Waals surface area contributed by atoms with Crippen LogP contribution in [-0.4, -0.2) is 24.6 Å². The molecule has 0 amide bonds. The van der Waals surface area contributed by atoms with E-state index >= 15 is 0 Å². The van der Waals surface area contributed by atoms with Crippen molar-refractivity contribution in [2.45, 2.75) is 13.5 Å². The van der Waals surface area contributed by atoms with Gasteiger partial charge in [0.05, 0.1) is 30.4 Å². The quantitative estimate of drug-likeness (QED) is 0.877. The van der Waals surface area contributed by atoms with Crippen LogP contribution in [0.1, 0.15) is 11.3 Å². The molecule has 0 spiro atoms. The van der Waals surface area contributed by atoms with Gasteiger partial charge in [0, 0.05) is 18.1 Å². The number of anilines is 2. The average molecular weight is 292 g/mol. The van der Waals surface area contributed by atoms with Gasteiger partial charge in [-0.05, 0) is 30.7 Å². The van der Waals surface area contributed by atoms with Crippen LogP contribution in [0.2, 0.25) is 0 Å². The molecule has 0 atom stereocenters. The van der Waals surface area contributed by atoms with Gasteiger partial charge in [0.25, 0.3) is 0 Å². The second kappa shape index (κ2) is 5.87. The molecule has 0 fully saturated rings. The molecule has 0 aliphatic rings. The number of hydrogen-bond acceptors (Lipinski definition) is 5. The van der Waals surface area contributed by atoms with Crippen LogP contribution in [0, 0.1) is 6.92 Å². The van der Waals surface area contributed by atoms with Crippen molar-refractivity contribution in [3.63, 3.8) is 0 Å². The van der Waals surface area contributed by atoms with Crippen LogP contribution in [-0.2, 0) is 16.6 Å². The first-order valence-electron chi connectivity index (χ1n) is 6.01. The zero-order valence-corrected chi connectivity index (χ0v) is 12.1. The predicted octanol–water partition coefficient (Wildman–Crippen LogP) is 1.77. The highest BCUT2D eigenvalue weighted by molar-refractivity contribution is 7.92. The van der Waals surface area contributed by atoms with Crippen LogP contribution in [0.4, 0.5) is 11.4 Å². The number of nitrogens with zero attached hydrogens (tertiary/aromatic N) is 2. The van der Waals surface area contributed by atoms with Crippen molar-refractivity contribution >= 4 is 21.4 Å². The Balaban J connectivity index is 2.06. The van der Waals surface area contributed by atoms with E-state index in [0.717, 1.165) is 23.2 Å². The van der Waals surface area contributed by atoms with Crippen molar-refractivity contribution in [2.24, 2.45) is 0 Å². The largest absolute Gasteiger partial charge is 0.379 e. The molecule has 0 aliphatic carbocycles. The second-order valence-corrected chi connectivity index (χ2v) is 6.20. The first kappa shape index (κ1) is 14.3. The van der Waals surface area contributed by atoms with E-state index in [1.165, 1.54) is 0 Å². The molecular formula is C13H16N4O2S. The van der Waals surface area contributed by atoms with E-state index in [1.807, 2.05) is 19.1 Å². The van der Waals surface area contributed by atoms with E-state index in [0.29, 0.717) is 12.2 Å². The number of aryl methyl sites for hydroxylation is 1. The summed E-state index contributed by atoms with van der Waals surface area (Å²) in [5.41, 5.74) is 3.16. The molecule has 2 aromatic rings. The lowest BCUT2D eigenvalue weighted by Gasteiger charge is -2.11. The summed E-state index contributed by atoms with van der Waals surface area (Å²) in [5.74, 6) is 0. The summed E-state index contributed by atoms with van der Waals surface area (Å²) < 4.78 is 24.9. The Bertz CT molecular complexity index is 687. The average Bonchev–Trinajstić information content (AvgIpc) is 2.39. The maximum absolute atomic E-state index is 11.2. The molecule has 7 heteroatoms. The molecule has 0 bridgehead atoms. The van der Waals surface area contributed by atoms with E-state index in [4.69, 9.17) is 0 Å². The van der Waals surface area contributed by atoms with Crippen molar-refractivity contribution in [1.82, 2.24) is 9.97 Å². The Kier molecular flexibility index (Phi) is 4.19. The standard InChI is InChI=1S/C13H16N4O2S/c1-10-7-11(3-4-13(10)17-20(2,18)19)16-9-12-8-14-5-6-15-12/h3-8,16-17H,9H2,1-2H3. The van der Waals surface area contributed by atoms with Crippen LogP contribution in [0.15, 0.2) is 36.8 Å². The fraction of sp³-hybridized carbons (Fsp3) is 0.231. The number of nitrogens with one attached hydrogen (secondary N) is 2. The Labute approximate surface area is 118 Å². The van der Waals surface area contributed by atoms with Crippen molar-refractivity contribution < 1.29 is 8.42 Å². The number of sulfonamides is 1. The zero-order valence-electron chi connectivity index (χ0n) is 11.3. The Morgan fingerprint density at radius 1 is 1.25 bits per heavy atom. The van der Waals surface area contributed by atoms with Gasteiger partial charge in [-0.1, -0.05) is 0 Å². The molecule has 0 radical (unpaired) electrons. The predicted molar refractivity (Wildman–Crippen MR) is 79.0 cm³/mol. The van der Waals surface area contributed by atoms with Crippen molar-refractivity contribution in [1.29, 1.82) is 0 Å². The summed E-state index contributed by atoms with van der Waals surface area (Å²) in [6, 6.07) is 5.43. The lowest BCUT2D eigenvalue weighted by Crippen LogP contribution is -2.10. The third-order valence-corrected chi connectivity index (χ3v) is 3.20. The summed E-state index contributed by atoms with van der Waals surface area (Å²) in [6.45, 7) is 2.41. The third kappa shape index (κ3) is 4.20. The second-order valence-electron chi connectivity index (χ2n) is 4.45. The van der Waals surface area contributed by atoms with E-state index in [9.17, 15) is 8.42 Å². The van der Waals surface area contributed by atoms with Crippen molar-refractivity contribution in [3.8, 4) is 0 Å². The van der Waals surface area contributed by atoms with Crippen molar-refractivity contribution in [3.05, 3.63) is 48.0 Å². The van der Waals surface area contributed by atoms with Crippen molar-refractivity contribution in [2.75, 3.05) is 16.3 Å². The minimum atomic E-state index is -3.26. The van der Waals surface area contributed by atoms with Gasteiger partial charge in [-0.15, -0.1) is 0 Å². The van der Waals surface area contributed by atoms with Gasteiger partial charge in [-0.3, -0.25) is 14.7 Å². The number of benzene rings is 1.